The molecule has 0 heterocycles. The second-order valence-electron chi connectivity index (χ2n) is 3.64. The van der Waals surface area contributed by atoms with Crippen LogP contribution in [0.3, 0.4) is 0 Å². The number of hydrogen-bond acceptors (Lipinski definition) is 2. The quantitative estimate of drug-likeness (QED) is 0.639. The van der Waals surface area contributed by atoms with E-state index in [4.69, 9.17) is 0 Å². The molecule has 0 amide bonds. The Labute approximate surface area is 89.8 Å². The summed E-state index contributed by atoms with van der Waals surface area (Å²) in [6, 6.07) is 0. The van der Waals surface area contributed by atoms with Crippen LogP contribution < -0.4 is 5.32 Å². The molecule has 92 valence electrons. The summed E-state index contributed by atoms with van der Waals surface area (Å²) in [5.41, 5.74) is 0. The molecule has 0 unspecified atom stereocenters. The van der Waals surface area contributed by atoms with E-state index in [2.05, 4.69) is 5.32 Å². The molecule has 0 bridgehead atoms. The van der Waals surface area contributed by atoms with E-state index in [1.165, 1.54) is 4.90 Å². The Morgan fingerprint density at radius 3 is 2.13 bits per heavy atom. The third kappa shape index (κ3) is 10.0. The van der Waals surface area contributed by atoms with Crippen molar-refractivity contribution in [1.29, 1.82) is 0 Å². The first kappa shape index (κ1) is 14.7. The standard InChI is InChI=1S/C10H21F3N2/c1-3-5-14-6-8-15(7-4-2)9-10(11,12)13/h14H,3-9H2,1-2H3. The molecule has 0 spiro atoms. The van der Waals surface area contributed by atoms with Crippen molar-refractivity contribution in [3.8, 4) is 0 Å². The molecular weight excluding hydrogens is 205 g/mol. The number of nitrogens with one attached hydrogen (secondary N) is 1. The van der Waals surface area contributed by atoms with E-state index < -0.39 is 12.7 Å². The van der Waals surface area contributed by atoms with Crippen LogP contribution in [0.4, 0.5) is 13.2 Å². The lowest BCUT2D eigenvalue weighted by Crippen LogP contribution is -2.39. The summed E-state index contributed by atoms with van der Waals surface area (Å²) in [4.78, 5) is 1.45. The van der Waals surface area contributed by atoms with Gasteiger partial charge >= 0.3 is 6.18 Å². The first-order chi connectivity index (χ1) is 6.99. The van der Waals surface area contributed by atoms with Gasteiger partial charge in [0.1, 0.15) is 0 Å². The third-order valence-electron chi connectivity index (χ3n) is 1.97. The zero-order chi connectivity index (χ0) is 11.7. The van der Waals surface area contributed by atoms with E-state index >= 15 is 0 Å². The van der Waals surface area contributed by atoms with Gasteiger partial charge in [0.25, 0.3) is 0 Å². The van der Waals surface area contributed by atoms with Crippen LogP contribution in [0, 0.1) is 0 Å². The van der Waals surface area contributed by atoms with E-state index in [0.29, 0.717) is 19.6 Å². The smallest absolute Gasteiger partial charge is 0.315 e. The summed E-state index contributed by atoms with van der Waals surface area (Å²) in [7, 11) is 0. The molecule has 5 heteroatoms. The van der Waals surface area contributed by atoms with Crippen molar-refractivity contribution in [1.82, 2.24) is 10.2 Å². The molecule has 0 aliphatic carbocycles. The molecule has 0 rings (SSSR count). The van der Waals surface area contributed by atoms with Gasteiger partial charge in [-0.25, -0.2) is 0 Å². The van der Waals surface area contributed by atoms with Gasteiger partial charge in [-0.1, -0.05) is 13.8 Å². The minimum atomic E-state index is -4.08. The monoisotopic (exact) mass is 226 g/mol. The van der Waals surface area contributed by atoms with Gasteiger partial charge in [-0.15, -0.1) is 0 Å². The van der Waals surface area contributed by atoms with Crippen LogP contribution in [0.1, 0.15) is 26.7 Å². The lowest BCUT2D eigenvalue weighted by atomic mass is 10.3. The van der Waals surface area contributed by atoms with Gasteiger partial charge in [0.2, 0.25) is 0 Å². The Balaban J connectivity index is 3.73. The fourth-order valence-electron chi connectivity index (χ4n) is 1.38. The highest BCUT2D eigenvalue weighted by Gasteiger charge is 2.29. The van der Waals surface area contributed by atoms with Crippen molar-refractivity contribution in [2.75, 3.05) is 32.7 Å². The molecule has 0 aromatic carbocycles. The Hall–Kier alpha value is -0.290. The van der Waals surface area contributed by atoms with Crippen LogP contribution in [0.5, 0.6) is 0 Å². The Morgan fingerprint density at radius 1 is 1.00 bits per heavy atom. The summed E-state index contributed by atoms with van der Waals surface area (Å²) in [5, 5.41) is 3.10. The van der Waals surface area contributed by atoms with E-state index in [1.807, 2.05) is 13.8 Å². The highest BCUT2D eigenvalue weighted by molar-refractivity contribution is 4.64. The van der Waals surface area contributed by atoms with Crippen LogP contribution in [-0.2, 0) is 0 Å². The zero-order valence-electron chi connectivity index (χ0n) is 9.53. The number of rotatable bonds is 8. The molecule has 2 nitrogen and oxygen atoms in total. The largest absolute Gasteiger partial charge is 0.401 e. The normalized spacial score (nSPS) is 12.4. The summed E-state index contributed by atoms with van der Waals surface area (Å²) in [6.45, 7) is 5.60. The average molecular weight is 226 g/mol. The van der Waals surface area contributed by atoms with Gasteiger partial charge in [0.15, 0.2) is 0 Å². The summed E-state index contributed by atoms with van der Waals surface area (Å²) >= 11 is 0. The predicted octanol–water partition coefficient (Wildman–Crippen LogP) is 2.26. The molecule has 0 fully saturated rings. The van der Waals surface area contributed by atoms with Crippen molar-refractivity contribution in [3.63, 3.8) is 0 Å². The summed E-state index contributed by atoms with van der Waals surface area (Å²) in [6.07, 6.45) is -2.32. The molecule has 0 aromatic rings. The molecule has 0 aliphatic rings. The fraction of sp³-hybridized carbons (Fsp3) is 1.00. The van der Waals surface area contributed by atoms with Crippen molar-refractivity contribution in [3.05, 3.63) is 0 Å². The molecule has 0 aromatic heterocycles. The highest BCUT2D eigenvalue weighted by Crippen LogP contribution is 2.16. The van der Waals surface area contributed by atoms with Gasteiger partial charge in [-0.2, -0.15) is 13.2 Å². The molecule has 1 N–H and O–H groups in total. The molecule has 0 aliphatic heterocycles. The maximum Gasteiger partial charge on any atom is 0.401 e. The Kier molecular flexibility index (Phi) is 7.78. The molecular formula is C10H21F3N2. The average Bonchev–Trinajstić information content (AvgIpc) is 2.10. The second kappa shape index (κ2) is 7.93. The molecule has 0 saturated carbocycles. The molecule has 15 heavy (non-hydrogen) atoms. The fourth-order valence-corrected chi connectivity index (χ4v) is 1.38. The summed E-state index contributed by atoms with van der Waals surface area (Å²) in [5.74, 6) is 0. The Morgan fingerprint density at radius 2 is 1.67 bits per heavy atom. The van der Waals surface area contributed by atoms with Crippen molar-refractivity contribution in [2.45, 2.75) is 32.9 Å². The maximum absolute atomic E-state index is 12.1. The van der Waals surface area contributed by atoms with Crippen LogP contribution in [-0.4, -0.2) is 43.8 Å². The second-order valence-corrected chi connectivity index (χ2v) is 3.64. The van der Waals surface area contributed by atoms with E-state index in [1.54, 1.807) is 0 Å². The number of halogens is 3. The molecule has 0 atom stereocenters. The predicted molar refractivity (Wildman–Crippen MR) is 55.9 cm³/mol. The number of nitrogens with zero attached hydrogens (tertiary/aromatic N) is 1. The van der Waals surface area contributed by atoms with Crippen LogP contribution in [0.15, 0.2) is 0 Å². The first-order valence-electron chi connectivity index (χ1n) is 5.49. The molecule has 0 radical (unpaired) electrons. The van der Waals surface area contributed by atoms with Gasteiger partial charge in [0, 0.05) is 13.1 Å². The first-order valence-corrected chi connectivity index (χ1v) is 5.49. The SMILES string of the molecule is CCCNCCN(CCC)CC(F)(F)F. The van der Waals surface area contributed by atoms with E-state index in [-0.39, 0.29) is 0 Å². The lowest BCUT2D eigenvalue weighted by molar-refractivity contribution is -0.145. The number of alkyl halides is 3. The van der Waals surface area contributed by atoms with Gasteiger partial charge < -0.3 is 5.32 Å². The summed E-state index contributed by atoms with van der Waals surface area (Å²) < 4.78 is 36.4. The Bertz CT molecular complexity index is 148. The minimum absolute atomic E-state index is 0.466. The third-order valence-corrected chi connectivity index (χ3v) is 1.97. The van der Waals surface area contributed by atoms with Crippen LogP contribution in [0.25, 0.3) is 0 Å². The van der Waals surface area contributed by atoms with Crippen molar-refractivity contribution in [2.24, 2.45) is 0 Å². The zero-order valence-corrected chi connectivity index (χ0v) is 9.53. The van der Waals surface area contributed by atoms with Crippen molar-refractivity contribution < 1.29 is 13.2 Å². The topological polar surface area (TPSA) is 15.3 Å². The van der Waals surface area contributed by atoms with E-state index in [0.717, 1.165) is 19.4 Å². The van der Waals surface area contributed by atoms with Crippen LogP contribution in [0.2, 0.25) is 0 Å². The van der Waals surface area contributed by atoms with Crippen LogP contribution >= 0.6 is 0 Å². The van der Waals surface area contributed by atoms with Gasteiger partial charge in [-0.3, -0.25) is 4.90 Å². The van der Waals surface area contributed by atoms with E-state index in [9.17, 15) is 13.2 Å². The minimum Gasteiger partial charge on any atom is -0.315 e. The lowest BCUT2D eigenvalue weighted by Gasteiger charge is -2.23. The van der Waals surface area contributed by atoms with Crippen molar-refractivity contribution >= 4 is 0 Å². The molecule has 0 saturated heterocycles. The number of hydrogen-bond donors (Lipinski definition) is 1. The highest BCUT2D eigenvalue weighted by atomic mass is 19.4. The maximum atomic E-state index is 12.1. The van der Waals surface area contributed by atoms with Gasteiger partial charge in [-0.05, 0) is 25.9 Å². The van der Waals surface area contributed by atoms with Gasteiger partial charge in [0.05, 0.1) is 6.54 Å².